The zero-order chi connectivity index (χ0) is 20.8. The lowest BCUT2D eigenvalue weighted by atomic mass is 10.1. The van der Waals surface area contributed by atoms with Crippen LogP contribution in [0.4, 0.5) is 8.78 Å². The summed E-state index contributed by atoms with van der Waals surface area (Å²) in [5, 5.41) is 0. The average molecular weight is 407 g/mol. The highest BCUT2D eigenvalue weighted by Crippen LogP contribution is 2.32. The van der Waals surface area contributed by atoms with Crippen LogP contribution in [0, 0.1) is 0 Å². The maximum Gasteiger partial charge on any atom is 0.387 e. The van der Waals surface area contributed by atoms with Crippen molar-refractivity contribution in [2.75, 3.05) is 0 Å². The van der Waals surface area contributed by atoms with Crippen molar-refractivity contribution in [3.63, 3.8) is 0 Å². The Morgan fingerprint density at radius 1 is 0.967 bits per heavy atom. The largest absolute Gasteiger partial charge is 0.489 e. The molecule has 0 atom stereocenters. The van der Waals surface area contributed by atoms with Gasteiger partial charge in [-0.15, -0.1) is 0 Å². The number of hydrogen-bond acceptors (Lipinski definition) is 4. The van der Waals surface area contributed by atoms with Gasteiger partial charge in [-0.3, -0.25) is 0 Å². The molecule has 0 N–H and O–H groups in total. The fraction of sp³-hybridized carbons (Fsp3) is 0.130. The summed E-state index contributed by atoms with van der Waals surface area (Å²) in [6.07, 6.45) is 5.15. The van der Waals surface area contributed by atoms with E-state index in [1.807, 2.05) is 47.2 Å². The van der Waals surface area contributed by atoms with Gasteiger partial charge in [0.25, 0.3) is 0 Å². The second-order valence-electron chi connectivity index (χ2n) is 6.56. The predicted octanol–water partition coefficient (Wildman–Crippen LogP) is 5.17. The van der Waals surface area contributed by atoms with E-state index in [4.69, 9.17) is 9.47 Å². The van der Waals surface area contributed by atoms with Crippen molar-refractivity contribution in [2.45, 2.75) is 19.8 Å². The van der Waals surface area contributed by atoms with Gasteiger partial charge in [-0.25, -0.2) is 9.97 Å². The van der Waals surface area contributed by atoms with E-state index in [1.54, 1.807) is 36.8 Å². The summed E-state index contributed by atoms with van der Waals surface area (Å²) in [5.74, 6) is 0.626. The van der Waals surface area contributed by atoms with Gasteiger partial charge in [0.2, 0.25) is 0 Å². The fourth-order valence-electron chi connectivity index (χ4n) is 3.01. The third-order valence-electron chi connectivity index (χ3n) is 4.39. The number of aromatic nitrogens is 3. The van der Waals surface area contributed by atoms with Crippen LogP contribution >= 0.6 is 0 Å². The third-order valence-corrected chi connectivity index (χ3v) is 4.39. The number of nitrogens with zero attached hydrogens (tertiary/aromatic N) is 3. The van der Waals surface area contributed by atoms with E-state index < -0.39 is 6.61 Å². The van der Waals surface area contributed by atoms with Crippen molar-refractivity contribution in [1.29, 1.82) is 0 Å². The number of hydrogen-bond donors (Lipinski definition) is 0. The van der Waals surface area contributed by atoms with Gasteiger partial charge >= 0.3 is 6.61 Å². The van der Waals surface area contributed by atoms with Gasteiger partial charge in [-0.2, -0.15) is 8.78 Å². The van der Waals surface area contributed by atoms with Gasteiger partial charge in [0.05, 0.1) is 18.6 Å². The fourth-order valence-corrected chi connectivity index (χ4v) is 3.01. The Balaban J connectivity index is 1.61. The zero-order valence-electron chi connectivity index (χ0n) is 16.0. The highest BCUT2D eigenvalue weighted by Gasteiger charge is 2.15. The molecule has 2 aromatic heterocycles. The van der Waals surface area contributed by atoms with Gasteiger partial charge in [-0.05, 0) is 29.8 Å². The van der Waals surface area contributed by atoms with Gasteiger partial charge in [0, 0.05) is 18.0 Å². The molecule has 7 heteroatoms. The first-order chi connectivity index (χ1) is 14.7. The van der Waals surface area contributed by atoms with E-state index in [2.05, 4.69) is 9.97 Å². The van der Waals surface area contributed by atoms with E-state index in [9.17, 15) is 8.78 Å². The number of halogens is 2. The molecule has 0 spiro atoms. The quantitative estimate of drug-likeness (QED) is 0.404. The Hall–Kier alpha value is -3.74. The maximum absolute atomic E-state index is 12.9. The normalized spacial score (nSPS) is 10.9. The maximum atomic E-state index is 12.9. The molecule has 0 bridgehead atoms. The number of alkyl halides is 2. The second-order valence-corrected chi connectivity index (χ2v) is 6.56. The van der Waals surface area contributed by atoms with Crippen molar-refractivity contribution in [2.24, 2.45) is 0 Å². The van der Waals surface area contributed by atoms with E-state index in [0.717, 1.165) is 5.56 Å². The van der Waals surface area contributed by atoms with Crippen LogP contribution in [-0.2, 0) is 13.2 Å². The average Bonchev–Trinajstić information content (AvgIpc) is 3.27. The number of benzene rings is 2. The summed E-state index contributed by atoms with van der Waals surface area (Å²) in [4.78, 5) is 8.58. The minimum Gasteiger partial charge on any atom is -0.489 e. The number of ether oxygens (including phenoxy) is 2. The lowest BCUT2D eigenvalue weighted by Gasteiger charge is -2.13. The molecule has 0 aliphatic carbocycles. The first kappa shape index (κ1) is 19.6. The molecule has 0 radical (unpaired) electrons. The molecule has 0 fully saturated rings. The molecule has 0 amide bonds. The first-order valence-electron chi connectivity index (χ1n) is 9.35. The molecule has 4 aromatic rings. The van der Waals surface area contributed by atoms with Gasteiger partial charge < -0.3 is 14.0 Å². The van der Waals surface area contributed by atoms with E-state index in [1.165, 1.54) is 6.07 Å². The Morgan fingerprint density at radius 2 is 1.83 bits per heavy atom. The molecule has 4 rings (SSSR count). The van der Waals surface area contributed by atoms with Crippen molar-refractivity contribution in [3.05, 3.63) is 96.7 Å². The van der Waals surface area contributed by atoms with Crippen LogP contribution in [0.2, 0.25) is 0 Å². The predicted molar refractivity (Wildman–Crippen MR) is 108 cm³/mol. The Labute approximate surface area is 172 Å². The van der Waals surface area contributed by atoms with Crippen LogP contribution in [0.15, 0.2) is 85.5 Å². The molecule has 5 nitrogen and oxygen atoms in total. The smallest absolute Gasteiger partial charge is 0.387 e. The SMILES string of the molecule is FC(F)Oc1ccc(Cn2ccnc2)nc1-c1cccc(OCc2ccccc2)c1. The highest BCUT2D eigenvalue weighted by molar-refractivity contribution is 5.68. The standard InChI is InChI=1S/C23H19F2N3O2/c24-23(25)30-21-10-9-19(14-28-12-11-26-16-28)27-22(21)18-7-4-8-20(13-18)29-15-17-5-2-1-3-6-17/h1-13,16,23H,14-15H2. The van der Waals surface area contributed by atoms with E-state index >= 15 is 0 Å². The monoisotopic (exact) mass is 407 g/mol. The van der Waals surface area contributed by atoms with Crippen molar-refractivity contribution in [3.8, 4) is 22.8 Å². The van der Waals surface area contributed by atoms with Crippen LogP contribution in [0.3, 0.4) is 0 Å². The molecule has 0 aliphatic rings. The van der Waals surface area contributed by atoms with Gasteiger partial charge in [0.15, 0.2) is 5.75 Å². The van der Waals surface area contributed by atoms with Crippen molar-refractivity contribution in [1.82, 2.24) is 14.5 Å². The molecule has 152 valence electrons. The Kier molecular flexibility index (Phi) is 5.98. The summed E-state index contributed by atoms with van der Waals surface area (Å²) in [6, 6.07) is 20.1. The molecule has 0 unspecified atom stereocenters. The first-order valence-corrected chi connectivity index (χ1v) is 9.35. The molecule has 0 aliphatic heterocycles. The summed E-state index contributed by atoms with van der Waals surface area (Å²) >= 11 is 0. The van der Waals surface area contributed by atoms with E-state index in [0.29, 0.717) is 35.9 Å². The second kappa shape index (κ2) is 9.17. The van der Waals surface area contributed by atoms with Crippen molar-refractivity contribution < 1.29 is 18.3 Å². The minimum absolute atomic E-state index is 0.0135. The van der Waals surface area contributed by atoms with Crippen LogP contribution in [0.1, 0.15) is 11.3 Å². The van der Waals surface area contributed by atoms with Crippen molar-refractivity contribution >= 4 is 0 Å². The molecule has 2 heterocycles. The number of pyridine rings is 1. The van der Waals surface area contributed by atoms with Crippen LogP contribution < -0.4 is 9.47 Å². The summed E-state index contributed by atoms with van der Waals surface area (Å²) in [6.45, 7) is -2.08. The Morgan fingerprint density at radius 3 is 2.60 bits per heavy atom. The molecular weight excluding hydrogens is 388 g/mol. The highest BCUT2D eigenvalue weighted by atomic mass is 19.3. The molecule has 2 aromatic carbocycles. The number of imidazole rings is 1. The van der Waals surface area contributed by atoms with Gasteiger partial charge in [-0.1, -0.05) is 42.5 Å². The summed E-state index contributed by atoms with van der Waals surface area (Å²) in [5.41, 5.74) is 2.69. The molecule has 30 heavy (non-hydrogen) atoms. The summed E-state index contributed by atoms with van der Waals surface area (Å²) in [7, 11) is 0. The van der Waals surface area contributed by atoms with Crippen LogP contribution in [-0.4, -0.2) is 21.1 Å². The number of rotatable bonds is 8. The lowest BCUT2D eigenvalue weighted by Crippen LogP contribution is -2.06. The molecule has 0 saturated carbocycles. The molecule has 0 saturated heterocycles. The third kappa shape index (κ3) is 5.00. The lowest BCUT2D eigenvalue weighted by molar-refractivity contribution is -0.0496. The minimum atomic E-state index is -2.94. The summed E-state index contributed by atoms with van der Waals surface area (Å²) < 4.78 is 38.3. The van der Waals surface area contributed by atoms with Gasteiger partial charge in [0.1, 0.15) is 18.1 Å². The van der Waals surface area contributed by atoms with Crippen LogP contribution in [0.25, 0.3) is 11.3 Å². The topological polar surface area (TPSA) is 49.2 Å². The zero-order valence-corrected chi connectivity index (χ0v) is 16.0. The molecular formula is C23H19F2N3O2. The van der Waals surface area contributed by atoms with Crippen LogP contribution in [0.5, 0.6) is 11.5 Å². The van der Waals surface area contributed by atoms with E-state index in [-0.39, 0.29) is 5.75 Å². The Bertz CT molecular complexity index is 1090.